The van der Waals surface area contributed by atoms with Gasteiger partial charge in [0.1, 0.15) is 5.75 Å². The first-order valence-corrected chi connectivity index (χ1v) is 7.56. The zero-order valence-corrected chi connectivity index (χ0v) is 13.3. The maximum absolute atomic E-state index is 12.1. The van der Waals surface area contributed by atoms with Crippen molar-refractivity contribution in [2.24, 2.45) is 0 Å². The van der Waals surface area contributed by atoms with Crippen LogP contribution < -0.4 is 15.4 Å². The fourth-order valence-corrected chi connectivity index (χ4v) is 2.59. The smallest absolute Gasteiger partial charge is 0.321 e. The molecule has 6 nitrogen and oxygen atoms in total. The summed E-state index contributed by atoms with van der Waals surface area (Å²) in [6.07, 6.45) is 0.888. The number of hydrogen-bond donors (Lipinski definition) is 2. The molecule has 3 amide bonds. The number of fused-ring (bicyclic) bond motifs is 1. The molecule has 6 heteroatoms. The average molecular weight is 305 g/mol. The van der Waals surface area contributed by atoms with Gasteiger partial charge in [-0.2, -0.15) is 0 Å². The Kier molecular flexibility index (Phi) is 5.38. The number of hydrogen-bond acceptors (Lipinski definition) is 4. The monoisotopic (exact) mass is 305 g/mol. The fourth-order valence-electron chi connectivity index (χ4n) is 2.59. The van der Waals surface area contributed by atoms with Gasteiger partial charge in [0.25, 0.3) is 0 Å². The van der Waals surface area contributed by atoms with Gasteiger partial charge >= 0.3 is 6.03 Å². The van der Waals surface area contributed by atoms with Gasteiger partial charge in [0.15, 0.2) is 0 Å². The predicted molar refractivity (Wildman–Crippen MR) is 83.8 cm³/mol. The lowest BCUT2D eigenvalue weighted by atomic mass is 9.98. The van der Waals surface area contributed by atoms with Crippen molar-refractivity contribution in [3.8, 4) is 5.75 Å². The van der Waals surface area contributed by atoms with Crippen LogP contribution in [0.25, 0.3) is 0 Å². The van der Waals surface area contributed by atoms with Gasteiger partial charge in [-0.3, -0.25) is 15.0 Å². The molecule has 1 aromatic carbocycles. The van der Waals surface area contributed by atoms with Gasteiger partial charge in [-0.15, -0.1) is 0 Å². The molecule has 120 valence electrons. The van der Waals surface area contributed by atoms with Crippen molar-refractivity contribution in [1.29, 1.82) is 0 Å². The summed E-state index contributed by atoms with van der Waals surface area (Å²) in [6.45, 7) is 5.88. The second-order valence-corrected chi connectivity index (χ2v) is 5.33. The number of amides is 3. The molecule has 2 N–H and O–H groups in total. The van der Waals surface area contributed by atoms with Crippen molar-refractivity contribution in [3.05, 3.63) is 29.3 Å². The van der Waals surface area contributed by atoms with Crippen molar-refractivity contribution in [3.63, 3.8) is 0 Å². The zero-order valence-electron chi connectivity index (χ0n) is 13.3. The summed E-state index contributed by atoms with van der Waals surface area (Å²) in [6, 6.07) is 5.27. The van der Waals surface area contributed by atoms with Crippen LogP contribution in [0.3, 0.4) is 0 Å². The summed E-state index contributed by atoms with van der Waals surface area (Å²) < 4.78 is 5.53. The van der Waals surface area contributed by atoms with E-state index in [9.17, 15) is 9.59 Å². The SMILES string of the molecule is CCOc1ccc2c(c1)CN(C(C)C(=O)NC(=O)NC)CC2. The van der Waals surface area contributed by atoms with E-state index in [2.05, 4.69) is 21.6 Å². The molecule has 0 spiro atoms. The Hall–Kier alpha value is -2.08. The Morgan fingerprint density at radius 1 is 1.36 bits per heavy atom. The minimum atomic E-state index is -0.479. The number of rotatable bonds is 4. The maximum atomic E-state index is 12.1. The van der Waals surface area contributed by atoms with Gasteiger partial charge in [-0.05, 0) is 43.5 Å². The van der Waals surface area contributed by atoms with Crippen LogP contribution in [-0.4, -0.2) is 43.1 Å². The minimum absolute atomic E-state index is 0.288. The molecule has 0 radical (unpaired) electrons. The molecular weight excluding hydrogens is 282 g/mol. The molecule has 1 unspecified atom stereocenters. The second kappa shape index (κ2) is 7.26. The van der Waals surface area contributed by atoms with Crippen LogP contribution in [-0.2, 0) is 17.8 Å². The van der Waals surface area contributed by atoms with E-state index in [1.54, 1.807) is 0 Å². The number of carbonyl (C=O) groups is 2. The molecule has 1 aromatic rings. The summed E-state index contributed by atoms with van der Waals surface area (Å²) in [4.78, 5) is 25.4. The van der Waals surface area contributed by atoms with Crippen LogP contribution in [0.5, 0.6) is 5.75 Å². The number of carbonyl (C=O) groups excluding carboxylic acids is 2. The molecule has 0 fully saturated rings. The third-order valence-electron chi connectivity index (χ3n) is 3.92. The minimum Gasteiger partial charge on any atom is -0.494 e. The second-order valence-electron chi connectivity index (χ2n) is 5.33. The van der Waals surface area contributed by atoms with Crippen LogP contribution in [0.15, 0.2) is 18.2 Å². The maximum Gasteiger partial charge on any atom is 0.321 e. The standard InChI is InChI=1S/C16H23N3O3/c1-4-22-14-6-5-12-7-8-19(10-13(12)9-14)11(2)15(20)18-16(21)17-3/h5-6,9,11H,4,7-8,10H2,1-3H3,(H2,17,18,20,21). The van der Waals surface area contributed by atoms with Crippen molar-refractivity contribution < 1.29 is 14.3 Å². The van der Waals surface area contributed by atoms with Crippen molar-refractivity contribution in [2.75, 3.05) is 20.2 Å². The summed E-state index contributed by atoms with van der Waals surface area (Å²) in [7, 11) is 1.49. The number of nitrogens with one attached hydrogen (secondary N) is 2. The van der Waals surface area contributed by atoms with Crippen molar-refractivity contribution in [2.45, 2.75) is 32.9 Å². The average Bonchev–Trinajstić information content (AvgIpc) is 2.53. The van der Waals surface area contributed by atoms with E-state index in [0.29, 0.717) is 13.2 Å². The molecule has 1 aliphatic rings. The number of ether oxygens (including phenoxy) is 1. The molecular formula is C16H23N3O3. The number of benzene rings is 1. The largest absolute Gasteiger partial charge is 0.494 e. The normalized spacial score (nSPS) is 15.6. The summed E-state index contributed by atoms with van der Waals surface area (Å²) >= 11 is 0. The van der Waals surface area contributed by atoms with E-state index in [0.717, 1.165) is 18.7 Å². The first-order valence-electron chi connectivity index (χ1n) is 7.56. The molecule has 2 rings (SSSR count). The Bertz CT molecular complexity index is 560. The Morgan fingerprint density at radius 2 is 2.14 bits per heavy atom. The third kappa shape index (κ3) is 3.76. The van der Waals surface area contributed by atoms with Gasteiger partial charge in [-0.25, -0.2) is 4.79 Å². The summed E-state index contributed by atoms with van der Waals surface area (Å²) in [5, 5.41) is 4.71. The first-order chi connectivity index (χ1) is 10.5. The Balaban J connectivity index is 2.05. The lowest BCUT2D eigenvalue weighted by Gasteiger charge is -2.32. The lowest BCUT2D eigenvalue weighted by Crippen LogP contribution is -2.50. The van der Waals surface area contributed by atoms with Crippen LogP contribution in [0.1, 0.15) is 25.0 Å². The quantitative estimate of drug-likeness (QED) is 0.879. The van der Waals surface area contributed by atoms with Crippen molar-refractivity contribution >= 4 is 11.9 Å². The van der Waals surface area contributed by atoms with Gasteiger partial charge < -0.3 is 10.1 Å². The first kappa shape index (κ1) is 16.3. The molecule has 1 aliphatic heterocycles. The Labute approximate surface area is 130 Å². The highest BCUT2D eigenvalue weighted by Gasteiger charge is 2.26. The lowest BCUT2D eigenvalue weighted by molar-refractivity contribution is -0.125. The van der Waals surface area contributed by atoms with E-state index in [1.807, 2.05) is 26.0 Å². The van der Waals surface area contributed by atoms with E-state index in [-0.39, 0.29) is 11.9 Å². The number of imide groups is 1. The van der Waals surface area contributed by atoms with Gasteiger partial charge in [0.05, 0.1) is 12.6 Å². The predicted octanol–water partition coefficient (Wildman–Crippen LogP) is 1.29. The number of nitrogens with zero attached hydrogens (tertiary/aromatic N) is 1. The third-order valence-corrected chi connectivity index (χ3v) is 3.92. The highest BCUT2D eigenvalue weighted by atomic mass is 16.5. The van der Waals surface area contributed by atoms with Crippen molar-refractivity contribution in [1.82, 2.24) is 15.5 Å². The van der Waals surface area contributed by atoms with Crippen LogP contribution in [0, 0.1) is 0 Å². The van der Waals surface area contributed by atoms with Crippen LogP contribution in [0.4, 0.5) is 4.79 Å². The number of urea groups is 1. The van der Waals surface area contributed by atoms with E-state index in [4.69, 9.17) is 4.74 Å². The molecule has 1 atom stereocenters. The highest BCUT2D eigenvalue weighted by Crippen LogP contribution is 2.25. The summed E-state index contributed by atoms with van der Waals surface area (Å²) in [5.41, 5.74) is 2.47. The Morgan fingerprint density at radius 3 is 2.82 bits per heavy atom. The van der Waals surface area contributed by atoms with E-state index < -0.39 is 6.03 Å². The van der Waals surface area contributed by atoms with E-state index in [1.165, 1.54) is 18.2 Å². The molecule has 0 aliphatic carbocycles. The molecule has 0 bridgehead atoms. The van der Waals surface area contributed by atoms with Crippen LogP contribution >= 0.6 is 0 Å². The molecule has 1 heterocycles. The molecule has 22 heavy (non-hydrogen) atoms. The van der Waals surface area contributed by atoms with E-state index >= 15 is 0 Å². The molecule has 0 saturated heterocycles. The van der Waals surface area contributed by atoms with Gasteiger partial charge in [0, 0.05) is 20.1 Å². The zero-order chi connectivity index (χ0) is 16.1. The van der Waals surface area contributed by atoms with Gasteiger partial charge in [-0.1, -0.05) is 6.07 Å². The summed E-state index contributed by atoms with van der Waals surface area (Å²) in [5.74, 6) is 0.564. The molecule has 0 aromatic heterocycles. The highest BCUT2D eigenvalue weighted by molar-refractivity contribution is 5.96. The fraction of sp³-hybridized carbons (Fsp3) is 0.500. The molecule has 0 saturated carbocycles. The topological polar surface area (TPSA) is 70.7 Å². The van der Waals surface area contributed by atoms with Gasteiger partial charge in [0.2, 0.25) is 5.91 Å². The van der Waals surface area contributed by atoms with Crippen LogP contribution in [0.2, 0.25) is 0 Å².